The molecular formula is C12H21N3O. The van der Waals surface area contributed by atoms with E-state index in [2.05, 4.69) is 30.3 Å². The number of aromatic nitrogens is 2. The maximum absolute atomic E-state index is 5.42. The first-order valence-electron chi connectivity index (χ1n) is 6.00. The van der Waals surface area contributed by atoms with Crippen LogP contribution in [0.25, 0.3) is 0 Å². The van der Waals surface area contributed by atoms with Gasteiger partial charge in [-0.3, -0.25) is 4.68 Å². The van der Waals surface area contributed by atoms with Crippen molar-refractivity contribution in [2.75, 3.05) is 13.2 Å². The number of nitrogens with zero attached hydrogens (tertiary/aromatic N) is 2. The lowest BCUT2D eigenvalue weighted by Gasteiger charge is -2.24. The van der Waals surface area contributed by atoms with Gasteiger partial charge in [0.05, 0.1) is 12.3 Å². The Hall–Kier alpha value is -0.870. The molecule has 3 unspecified atom stereocenters. The third kappa shape index (κ3) is 2.44. The van der Waals surface area contributed by atoms with Crippen molar-refractivity contribution in [2.45, 2.75) is 32.4 Å². The zero-order valence-corrected chi connectivity index (χ0v) is 10.3. The number of aryl methyl sites for hydroxylation is 1. The largest absolute Gasteiger partial charge is 0.381 e. The van der Waals surface area contributed by atoms with Gasteiger partial charge in [0.25, 0.3) is 0 Å². The van der Waals surface area contributed by atoms with E-state index in [-0.39, 0.29) is 0 Å². The van der Waals surface area contributed by atoms with E-state index in [1.165, 1.54) is 12.1 Å². The van der Waals surface area contributed by atoms with E-state index in [1.807, 2.05) is 17.9 Å². The number of rotatable bonds is 4. The Balaban J connectivity index is 1.91. The van der Waals surface area contributed by atoms with Gasteiger partial charge in [0, 0.05) is 31.9 Å². The molecule has 0 spiro atoms. The lowest BCUT2D eigenvalue weighted by molar-refractivity contribution is 0.176. The number of hydrogen-bond acceptors (Lipinski definition) is 3. The zero-order valence-electron chi connectivity index (χ0n) is 10.3. The Kier molecular flexibility index (Phi) is 3.61. The van der Waals surface area contributed by atoms with E-state index in [1.54, 1.807) is 0 Å². The first kappa shape index (κ1) is 11.6. The molecule has 0 amide bonds. The van der Waals surface area contributed by atoms with Crippen LogP contribution in [0.5, 0.6) is 0 Å². The predicted molar refractivity (Wildman–Crippen MR) is 63.1 cm³/mol. The van der Waals surface area contributed by atoms with Gasteiger partial charge in [-0.25, -0.2) is 0 Å². The molecule has 3 atom stereocenters. The van der Waals surface area contributed by atoms with E-state index in [9.17, 15) is 0 Å². The monoisotopic (exact) mass is 223 g/mol. The van der Waals surface area contributed by atoms with Crippen molar-refractivity contribution in [3.8, 4) is 0 Å². The van der Waals surface area contributed by atoms with Gasteiger partial charge in [0.2, 0.25) is 0 Å². The fourth-order valence-electron chi connectivity index (χ4n) is 2.37. The van der Waals surface area contributed by atoms with Crippen LogP contribution < -0.4 is 5.32 Å². The molecule has 0 aliphatic carbocycles. The fourth-order valence-corrected chi connectivity index (χ4v) is 2.37. The van der Waals surface area contributed by atoms with Gasteiger partial charge >= 0.3 is 0 Å². The molecule has 1 aliphatic heterocycles. The van der Waals surface area contributed by atoms with Crippen molar-refractivity contribution >= 4 is 0 Å². The summed E-state index contributed by atoms with van der Waals surface area (Å²) in [5, 5.41) is 7.82. The van der Waals surface area contributed by atoms with Gasteiger partial charge in [-0.15, -0.1) is 0 Å². The Labute approximate surface area is 97.0 Å². The highest BCUT2D eigenvalue weighted by atomic mass is 16.5. The van der Waals surface area contributed by atoms with Gasteiger partial charge in [0.1, 0.15) is 0 Å². The van der Waals surface area contributed by atoms with Crippen LogP contribution in [0, 0.1) is 5.92 Å². The van der Waals surface area contributed by atoms with Crippen LogP contribution in [0.15, 0.2) is 12.3 Å². The second-order valence-electron chi connectivity index (χ2n) is 4.68. The Morgan fingerprint density at radius 1 is 1.56 bits per heavy atom. The summed E-state index contributed by atoms with van der Waals surface area (Å²) < 4.78 is 7.34. The number of nitrogens with one attached hydrogen (secondary N) is 1. The average molecular weight is 223 g/mol. The summed E-state index contributed by atoms with van der Waals surface area (Å²) in [6, 6.07) is 2.89. The standard InChI is InChI=1S/C12H21N3O/c1-9(11-5-7-16-8-11)14-10(2)12-4-6-13-15(12)3/h4,6,9-11,14H,5,7-8H2,1-3H3. The van der Waals surface area contributed by atoms with Crippen LogP contribution in [-0.2, 0) is 11.8 Å². The van der Waals surface area contributed by atoms with Crippen molar-refractivity contribution in [1.82, 2.24) is 15.1 Å². The molecule has 1 N–H and O–H groups in total. The number of ether oxygens (including phenoxy) is 1. The quantitative estimate of drug-likeness (QED) is 0.840. The summed E-state index contributed by atoms with van der Waals surface area (Å²) in [7, 11) is 1.98. The van der Waals surface area contributed by atoms with Crippen LogP contribution in [0.4, 0.5) is 0 Å². The summed E-state index contributed by atoms with van der Waals surface area (Å²) in [6.07, 6.45) is 3.02. The van der Waals surface area contributed by atoms with Crippen molar-refractivity contribution in [2.24, 2.45) is 13.0 Å². The molecule has 2 heterocycles. The van der Waals surface area contributed by atoms with E-state index >= 15 is 0 Å². The molecule has 90 valence electrons. The van der Waals surface area contributed by atoms with Crippen LogP contribution in [0.1, 0.15) is 32.0 Å². The Bertz CT molecular complexity index is 331. The molecule has 1 fully saturated rings. The second-order valence-corrected chi connectivity index (χ2v) is 4.68. The predicted octanol–water partition coefficient (Wildman–Crippen LogP) is 1.50. The lowest BCUT2D eigenvalue weighted by Crippen LogP contribution is -2.36. The highest BCUT2D eigenvalue weighted by molar-refractivity contribution is 5.05. The molecule has 0 saturated carbocycles. The van der Waals surface area contributed by atoms with Crippen LogP contribution in [0.2, 0.25) is 0 Å². The van der Waals surface area contributed by atoms with Gasteiger partial charge in [-0.2, -0.15) is 5.10 Å². The molecule has 4 heteroatoms. The van der Waals surface area contributed by atoms with Crippen molar-refractivity contribution in [1.29, 1.82) is 0 Å². The molecule has 1 aromatic rings. The normalized spacial score (nSPS) is 24.6. The SMILES string of the molecule is CC(NC(C)C1CCOC1)c1ccnn1C. The first-order chi connectivity index (χ1) is 7.68. The lowest BCUT2D eigenvalue weighted by atomic mass is 9.99. The van der Waals surface area contributed by atoms with Crippen molar-refractivity contribution in [3.05, 3.63) is 18.0 Å². The van der Waals surface area contributed by atoms with Crippen molar-refractivity contribution < 1.29 is 4.74 Å². The third-order valence-electron chi connectivity index (χ3n) is 3.49. The molecular weight excluding hydrogens is 202 g/mol. The Morgan fingerprint density at radius 2 is 2.38 bits per heavy atom. The fraction of sp³-hybridized carbons (Fsp3) is 0.750. The van der Waals surface area contributed by atoms with Gasteiger partial charge in [-0.05, 0) is 32.3 Å². The van der Waals surface area contributed by atoms with E-state index < -0.39 is 0 Å². The second kappa shape index (κ2) is 4.97. The summed E-state index contributed by atoms with van der Waals surface area (Å²) in [6.45, 7) is 6.23. The van der Waals surface area contributed by atoms with Gasteiger partial charge in [0.15, 0.2) is 0 Å². The molecule has 4 nitrogen and oxygen atoms in total. The minimum atomic E-state index is 0.336. The van der Waals surface area contributed by atoms with Crippen LogP contribution >= 0.6 is 0 Å². The highest BCUT2D eigenvalue weighted by Gasteiger charge is 2.24. The number of hydrogen-bond donors (Lipinski definition) is 1. The van der Waals surface area contributed by atoms with E-state index in [0.717, 1.165) is 13.2 Å². The topological polar surface area (TPSA) is 39.1 Å². The van der Waals surface area contributed by atoms with E-state index in [0.29, 0.717) is 18.0 Å². The average Bonchev–Trinajstić information content (AvgIpc) is 2.86. The molecule has 2 rings (SSSR count). The minimum absolute atomic E-state index is 0.336. The zero-order chi connectivity index (χ0) is 11.5. The molecule has 0 radical (unpaired) electrons. The first-order valence-corrected chi connectivity index (χ1v) is 6.00. The maximum atomic E-state index is 5.42. The summed E-state index contributed by atoms with van der Waals surface area (Å²) in [5.41, 5.74) is 1.23. The smallest absolute Gasteiger partial charge is 0.0547 e. The van der Waals surface area contributed by atoms with Crippen LogP contribution in [0.3, 0.4) is 0 Å². The maximum Gasteiger partial charge on any atom is 0.0547 e. The van der Waals surface area contributed by atoms with E-state index in [4.69, 9.17) is 4.74 Å². The van der Waals surface area contributed by atoms with Crippen LogP contribution in [-0.4, -0.2) is 29.0 Å². The molecule has 16 heavy (non-hydrogen) atoms. The highest BCUT2D eigenvalue weighted by Crippen LogP contribution is 2.19. The molecule has 1 saturated heterocycles. The third-order valence-corrected chi connectivity index (χ3v) is 3.49. The molecule has 0 aromatic carbocycles. The molecule has 0 bridgehead atoms. The van der Waals surface area contributed by atoms with Gasteiger partial charge < -0.3 is 10.1 Å². The van der Waals surface area contributed by atoms with Gasteiger partial charge in [-0.1, -0.05) is 0 Å². The summed E-state index contributed by atoms with van der Waals surface area (Å²) >= 11 is 0. The summed E-state index contributed by atoms with van der Waals surface area (Å²) in [5.74, 6) is 0.649. The minimum Gasteiger partial charge on any atom is -0.381 e. The molecule has 1 aliphatic rings. The van der Waals surface area contributed by atoms with Crippen molar-refractivity contribution in [3.63, 3.8) is 0 Å². The summed E-state index contributed by atoms with van der Waals surface area (Å²) in [4.78, 5) is 0. The molecule has 1 aromatic heterocycles. The Morgan fingerprint density at radius 3 is 2.94 bits per heavy atom.